The van der Waals surface area contributed by atoms with Crippen molar-refractivity contribution in [3.05, 3.63) is 53.1 Å². The predicted molar refractivity (Wildman–Crippen MR) is 138 cm³/mol. The molecule has 35 heavy (non-hydrogen) atoms. The van der Waals surface area contributed by atoms with Gasteiger partial charge in [-0.1, -0.05) is 30.5 Å². The van der Waals surface area contributed by atoms with E-state index < -0.39 is 18.2 Å². The topological polar surface area (TPSA) is 113 Å². The molecule has 188 valence electrons. The van der Waals surface area contributed by atoms with Gasteiger partial charge in [0.25, 0.3) is 0 Å². The van der Waals surface area contributed by atoms with E-state index in [0.29, 0.717) is 33.9 Å². The number of carbonyl (C=O) groups is 2. The Hall–Kier alpha value is -3.48. The Morgan fingerprint density at radius 1 is 0.829 bits per heavy atom. The van der Waals surface area contributed by atoms with Crippen LogP contribution in [-0.2, 0) is 16.2 Å². The van der Waals surface area contributed by atoms with Gasteiger partial charge in [0.2, 0.25) is 11.8 Å². The van der Waals surface area contributed by atoms with Crippen LogP contribution in [0.2, 0.25) is 0 Å². The van der Waals surface area contributed by atoms with Crippen molar-refractivity contribution < 1.29 is 28.9 Å². The van der Waals surface area contributed by atoms with Crippen LogP contribution in [-0.4, -0.2) is 72.3 Å². The van der Waals surface area contributed by atoms with Gasteiger partial charge in [0.15, 0.2) is 0 Å². The Kier molecular flexibility index (Phi) is 10.2. The number of methoxy groups -OCH3 is 3. The molecule has 10 nitrogen and oxygen atoms in total. The number of hydrogen-bond acceptors (Lipinski definition) is 8. The Labute approximate surface area is 214 Å². The van der Waals surface area contributed by atoms with Gasteiger partial charge >= 0.3 is 0 Å². The Morgan fingerprint density at radius 3 is 1.80 bits per heavy atom. The van der Waals surface area contributed by atoms with E-state index in [4.69, 9.17) is 38.6 Å². The van der Waals surface area contributed by atoms with Crippen LogP contribution in [0.15, 0.2) is 36.4 Å². The van der Waals surface area contributed by atoms with Crippen LogP contribution in [0.3, 0.4) is 0 Å². The lowest BCUT2D eigenvalue weighted by Crippen LogP contribution is -2.47. The molecular formula is C23H28N4O6S2. The summed E-state index contributed by atoms with van der Waals surface area (Å²) in [6, 6.07) is 10.1. The number of ether oxygens (including phenoxy) is 3. The number of aliphatic hydroxyl groups is 1. The summed E-state index contributed by atoms with van der Waals surface area (Å²) in [6.45, 7) is -0.242. The molecule has 0 aromatic heterocycles. The molecule has 2 aromatic carbocycles. The number of nitrogens with one attached hydrogen (secondary N) is 2. The quantitative estimate of drug-likeness (QED) is 0.269. The fourth-order valence-corrected chi connectivity index (χ4v) is 3.50. The van der Waals surface area contributed by atoms with E-state index in [-0.39, 0.29) is 16.6 Å². The van der Waals surface area contributed by atoms with Crippen LogP contribution in [0.5, 0.6) is 17.2 Å². The fraction of sp³-hybridized carbons (Fsp3) is 0.304. The van der Waals surface area contributed by atoms with Gasteiger partial charge in [-0.2, -0.15) is 0 Å². The van der Waals surface area contributed by atoms with Gasteiger partial charge in [0.1, 0.15) is 33.6 Å². The number of aliphatic hydroxyl groups excluding tert-OH is 1. The molecule has 2 rings (SSSR count). The van der Waals surface area contributed by atoms with Crippen molar-refractivity contribution in [3.63, 3.8) is 0 Å². The smallest absolute Gasteiger partial charge is 0.248 e. The molecule has 0 saturated heterocycles. The van der Waals surface area contributed by atoms with Gasteiger partial charge < -0.3 is 19.3 Å². The zero-order chi connectivity index (χ0) is 26.1. The number of hydrogen-bond donors (Lipinski definition) is 3. The van der Waals surface area contributed by atoms with E-state index in [2.05, 4.69) is 10.9 Å². The number of rotatable bonds is 8. The molecule has 0 saturated carbocycles. The van der Waals surface area contributed by atoms with E-state index >= 15 is 0 Å². The highest BCUT2D eigenvalue weighted by Gasteiger charge is 2.19. The third-order valence-corrected chi connectivity index (χ3v) is 5.86. The van der Waals surface area contributed by atoms with Gasteiger partial charge in [-0.3, -0.25) is 30.5 Å². The van der Waals surface area contributed by atoms with Gasteiger partial charge in [0, 0.05) is 19.7 Å². The average molecular weight is 521 g/mol. The van der Waals surface area contributed by atoms with Crippen molar-refractivity contribution in [1.29, 1.82) is 0 Å². The van der Waals surface area contributed by atoms with E-state index in [1.807, 2.05) is 0 Å². The van der Waals surface area contributed by atoms with Gasteiger partial charge in [-0.05, 0) is 35.9 Å². The highest BCUT2D eigenvalue weighted by Crippen LogP contribution is 2.25. The monoisotopic (exact) mass is 520 g/mol. The second-order valence-electron chi connectivity index (χ2n) is 7.22. The first-order chi connectivity index (χ1) is 16.6. The van der Waals surface area contributed by atoms with E-state index in [1.165, 1.54) is 38.4 Å². The van der Waals surface area contributed by atoms with Crippen LogP contribution in [0.25, 0.3) is 0 Å². The number of hydrazine groups is 2. The van der Waals surface area contributed by atoms with E-state index in [0.717, 1.165) is 0 Å². The highest BCUT2D eigenvalue weighted by atomic mass is 32.1. The Morgan fingerprint density at radius 2 is 1.31 bits per heavy atom. The van der Waals surface area contributed by atoms with Crippen molar-refractivity contribution >= 4 is 46.2 Å². The van der Waals surface area contributed by atoms with E-state index in [9.17, 15) is 14.7 Å². The largest absolute Gasteiger partial charge is 0.497 e. The highest BCUT2D eigenvalue weighted by molar-refractivity contribution is 7.81. The minimum atomic E-state index is -0.598. The van der Waals surface area contributed by atoms with Crippen molar-refractivity contribution in [1.82, 2.24) is 20.9 Å². The van der Waals surface area contributed by atoms with Crippen LogP contribution in [0, 0.1) is 0 Å². The Balaban J connectivity index is 2.00. The molecule has 3 N–H and O–H groups in total. The SMILES string of the molecule is COc1ccc(CO)c(C(=S)N(C)NC(=O)CC(=O)NN(C)C(=S)c2cc(OC)ccc2OC)c1. The molecule has 0 radical (unpaired) electrons. The molecule has 0 atom stereocenters. The first-order valence-corrected chi connectivity index (χ1v) is 11.1. The molecule has 2 amide bonds. The summed E-state index contributed by atoms with van der Waals surface area (Å²) in [5.74, 6) is 0.432. The van der Waals surface area contributed by atoms with Gasteiger partial charge in [-0.25, -0.2) is 0 Å². The summed E-state index contributed by atoms with van der Waals surface area (Å²) in [6.07, 6.45) is -0.486. The summed E-state index contributed by atoms with van der Waals surface area (Å²) >= 11 is 10.9. The van der Waals surface area contributed by atoms with Crippen molar-refractivity contribution in [2.45, 2.75) is 13.0 Å². The summed E-state index contributed by atoms with van der Waals surface area (Å²) in [5, 5.41) is 12.2. The molecule has 0 spiro atoms. The molecule has 0 heterocycles. The summed E-state index contributed by atoms with van der Waals surface area (Å²) in [4.78, 5) is 25.4. The average Bonchev–Trinajstić information content (AvgIpc) is 2.86. The number of benzene rings is 2. The first kappa shape index (κ1) is 27.8. The summed E-state index contributed by atoms with van der Waals surface area (Å²) < 4.78 is 15.8. The van der Waals surface area contributed by atoms with E-state index in [1.54, 1.807) is 43.4 Å². The first-order valence-electron chi connectivity index (χ1n) is 10.3. The molecule has 0 unspecified atom stereocenters. The zero-order valence-corrected chi connectivity index (χ0v) is 21.7. The maximum absolute atomic E-state index is 12.5. The van der Waals surface area contributed by atoms with Crippen LogP contribution in [0.1, 0.15) is 23.1 Å². The second-order valence-corrected chi connectivity index (χ2v) is 8.00. The number of carbonyl (C=O) groups excluding carboxylic acids is 2. The predicted octanol–water partition coefficient (Wildman–Crippen LogP) is 1.57. The molecule has 0 aliphatic heterocycles. The standard InChI is InChI=1S/C23H28N4O6S2/c1-26(22(34)17-10-15(31-3)7-6-14(17)13-28)24-20(29)12-21(30)25-27(2)23(35)18-11-16(32-4)8-9-19(18)33-5/h6-11,28H,12-13H2,1-5H3,(H,24,29)(H,25,30). The molecule has 0 aliphatic rings. The minimum Gasteiger partial charge on any atom is -0.497 e. The van der Waals surface area contributed by atoms with Crippen molar-refractivity contribution in [2.75, 3.05) is 35.4 Å². The normalized spacial score (nSPS) is 10.1. The number of thiocarbonyl (C=S) groups is 2. The maximum atomic E-state index is 12.5. The van der Waals surface area contributed by atoms with Gasteiger partial charge in [0.05, 0.1) is 33.5 Å². The number of amides is 2. The molecule has 0 fully saturated rings. The summed E-state index contributed by atoms with van der Waals surface area (Å²) in [7, 11) is 7.64. The maximum Gasteiger partial charge on any atom is 0.248 e. The Bertz CT molecular complexity index is 1030. The van der Waals surface area contributed by atoms with Crippen molar-refractivity contribution in [2.24, 2.45) is 0 Å². The number of nitrogens with zero attached hydrogens (tertiary/aromatic N) is 2. The van der Waals surface area contributed by atoms with Crippen LogP contribution < -0.4 is 25.1 Å². The van der Waals surface area contributed by atoms with Gasteiger partial charge in [-0.15, -0.1) is 0 Å². The molecule has 12 heteroatoms. The lowest BCUT2D eigenvalue weighted by Gasteiger charge is -2.24. The molecular weight excluding hydrogens is 492 g/mol. The minimum absolute atomic E-state index is 0.241. The third kappa shape index (κ3) is 7.25. The van der Waals surface area contributed by atoms with Crippen LogP contribution >= 0.6 is 24.4 Å². The molecule has 0 bridgehead atoms. The summed E-state index contributed by atoms with van der Waals surface area (Å²) in [5.41, 5.74) is 6.73. The lowest BCUT2D eigenvalue weighted by atomic mass is 10.1. The lowest BCUT2D eigenvalue weighted by molar-refractivity contribution is -0.132. The fourth-order valence-electron chi connectivity index (χ4n) is 3.06. The molecule has 2 aromatic rings. The van der Waals surface area contributed by atoms with Crippen LogP contribution in [0.4, 0.5) is 0 Å². The zero-order valence-electron chi connectivity index (χ0n) is 20.1. The third-order valence-electron chi connectivity index (χ3n) is 4.87. The molecule has 0 aliphatic carbocycles. The van der Waals surface area contributed by atoms with Crippen molar-refractivity contribution in [3.8, 4) is 17.2 Å². The second kappa shape index (κ2) is 12.8.